The highest BCUT2D eigenvalue weighted by atomic mass is 16.1. The molecule has 0 radical (unpaired) electrons. The number of hydrogen-bond donors (Lipinski definition) is 1. The molecule has 3 heteroatoms. The Morgan fingerprint density at radius 1 is 0.964 bits per heavy atom. The molecule has 0 spiro atoms. The van der Waals surface area contributed by atoms with Gasteiger partial charge in [0.05, 0.1) is 0 Å². The van der Waals surface area contributed by atoms with E-state index in [9.17, 15) is 4.79 Å². The number of hydrogen-bond acceptors (Lipinski definition) is 2. The molecular weight excluding hydrogens is 344 g/mol. The summed E-state index contributed by atoms with van der Waals surface area (Å²) in [4.78, 5) is 14.7. The Balaban J connectivity index is 1.81. The highest BCUT2D eigenvalue weighted by Gasteiger charge is 2.06. The average molecular weight is 379 g/mol. The number of rotatable bonds is 11. The summed E-state index contributed by atoms with van der Waals surface area (Å²) in [6.45, 7) is 10.3. The van der Waals surface area contributed by atoms with E-state index in [1.54, 1.807) is 0 Å². The predicted octanol–water partition coefficient (Wildman–Crippen LogP) is 5.10. The van der Waals surface area contributed by atoms with Gasteiger partial charge in [-0.3, -0.25) is 4.79 Å². The Hall–Kier alpha value is -2.39. The van der Waals surface area contributed by atoms with E-state index in [0.717, 1.165) is 44.5 Å². The summed E-state index contributed by atoms with van der Waals surface area (Å²) in [7, 11) is 0. The molecule has 0 aliphatic heterocycles. The van der Waals surface area contributed by atoms with Crippen LogP contribution in [0.5, 0.6) is 0 Å². The Kier molecular flexibility index (Phi) is 9.50. The lowest BCUT2D eigenvalue weighted by Gasteiger charge is -2.20. The van der Waals surface area contributed by atoms with Crippen LogP contribution >= 0.6 is 0 Å². The summed E-state index contributed by atoms with van der Waals surface area (Å²) < 4.78 is 0. The Morgan fingerprint density at radius 2 is 1.64 bits per heavy atom. The Bertz CT molecular complexity index is 743. The Labute approximate surface area is 170 Å². The van der Waals surface area contributed by atoms with Crippen molar-refractivity contribution in [3.05, 3.63) is 76.9 Å². The standard InChI is InChI=1S/C25H34N2O/c1-4-18-27(19-5-2)20-17-26-25(28)24-15-13-22(14-16-24)10-8-12-23-11-7-6-9-21(23)3/h6-11,13-16H,4-5,12,17-20H2,1-3H3,(H,26,28)/b10-8+. The van der Waals surface area contributed by atoms with Crippen molar-refractivity contribution in [1.29, 1.82) is 0 Å². The summed E-state index contributed by atoms with van der Waals surface area (Å²) in [5, 5.41) is 3.04. The summed E-state index contributed by atoms with van der Waals surface area (Å²) >= 11 is 0. The molecule has 0 aromatic heterocycles. The molecule has 2 aromatic carbocycles. The molecule has 28 heavy (non-hydrogen) atoms. The van der Waals surface area contributed by atoms with Gasteiger partial charge in [0, 0.05) is 18.7 Å². The maximum absolute atomic E-state index is 12.3. The van der Waals surface area contributed by atoms with Crippen molar-refractivity contribution in [1.82, 2.24) is 10.2 Å². The molecule has 3 nitrogen and oxygen atoms in total. The molecule has 0 unspecified atom stereocenters. The van der Waals surface area contributed by atoms with Crippen molar-refractivity contribution in [2.24, 2.45) is 0 Å². The van der Waals surface area contributed by atoms with E-state index in [1.807, 2.05) is 24.3 Å². The monoisotopic (exact) mass is 378 g/mol. The highest BCUT2D eigenvalue weighted by Crippen LogP contribution is 2.11. The van der Waals surface area contributed by atoms with Crippen LogP contribution < -0.4 is 5.32 Å². The molecule has 0 aliphatic carbocycles. The summed E-state index contributed by atoms with van der Waals surface area (Å²) in [6.07, 6.45) is 7.50. The topological polar surface area (TPSA) is 32.3 Å². The van der Waals surface area contributed by atoms with Gasteiger partial charge in [-0.05, 0) is 68.1 Å². The fraction of sp³-hybridized carbons (Fsp3) is 0.400. The van der Waals surface area contributed by atoms with E-state index < -0.39 is 0 Å². The number of benzene rings is 2. The lowest BCUT2D eigenvalue weighted by atomic mass is 10.0. The highest BCUT2D eigenvalue weighted by molar-refractivity contribution is 5.94. The van der Waals surface area contributed by atoms with Crippen LogP contribution in [-0.4, -0.2) is 37.0 Å². The van der Waals surface area contributed by atoms with E-state index in [2.05, 4.69) is 67.4 Å². The normalized spacial score (nSPS) is 11.3. The minimum atomic E-state index is 0.00314. The lowest BCUT2D eigenvalue weighted by Crippen LogP contribution is -2.35. The van der Waals surface area contributed by atoms with Crippen molar-refractivity contribution in [2.45, 2.75) is 40.0 Å². The Morgan fingerprint density at radius 3 is 2.29 bits per heavy atom. The summed E-state index contributed by atoms with van der Waals surface area (Å²) in [5.41, 5.74) is 4.49. The number of nitrogens with one attached hydrogen (secondary N) is 1. The second-order valence-corrected chi connectivity index (χ2v) is 7.25. The molecule has 1 amide bonds. The number of carbonyl (C=O) groups is 1. The van der Waals surface area contributed by atoms with E-state index >= 15 is 0 Å². The first-order valence-electron chi connectivity index (χ1n) is 10.5. The third-order valence-corrected chi connectivity index (χ3v) is 4.88. The minimum Gasteiger partial charge on any atom is -0.351 e. The van der Waals surface area contributed by atoms with Crippen LogP contribution in [-0.2, 0) is 6.42 Å². The average Bonchev–Trinajstić information content (AvgIpc) is 2.70. The first-order valence-corrected chi connectivity index (χ1v) is 10.5. The SMILES string of the molecule is CCCN(CCC)CCNC(=O)c1ccc(/C=C/Cc2ccccc2C)cc1. The van der Waals surface area contributed by atoms with Crippen LogP contribution in [0.2, 0.25) is 0 Å². The van der Waals surface area contributed by atoms with Crippen LogP contribution in [0.1, 0.15) is 53.7 Å². The molecule has 1 N–H and O–H groups in total. The maximum Gasteiger partial charge on any atom is 0.251 e. The number of aryl methyl sites for hydroxylation is 1. The second kappa shape index (κ2) is 12.1. The quantitative estimate of drug-likeness (QED) is 0.590. The van der Waals surface area contributed by atoms with Gasteiger partial charge in [0.1, 0.15) is 0 Å². The fourth-order valence-corrected chi connectivity index (χ4v) is 3.30. The van der Waals surface area contributed by atoms with Crippen molar-refractivity contribution in [2.75, 3.05) is 26.2 Å². The van der Waals surface area contributed by atoms with Gasteiger partial charge in [-0.15, -0.1) is 0 Å². The van der Waals surface area contributed by atoms with E-state index in [1.165, 1.54) is 11.1 Å². The van der Waals surface area contributed by atoms with Gasteiger partial charge < -0.3 is 10.2 Å². The van der Waals surface area contributed by atoms with Gasteiger partial charge in [-0.1, -0.05) is 62.4 Å². The van der Waals surface area contributed by atoms with Crippen LogP contribution in [0.25, 0.3) is 6.08 Å². The summed E-state index contributed by atoms with van der Waals surface area (Å²) in [5.74, 6) is 0.00314. The number of amides is 1. The first kappa shape index (κ1) is 21.9. The van der Waals surface area contributed by atoms with E-state index in [-0.39, 0.29) is 5.91 Å². The molecule has 0 saturated carbocycles. The zero-order valence-electron chi connectivity index (χ0n) is 17.6. The number of nitrogens with zero attached hydrogens (tertiary/aromatic N) is 1. The van der Waals surface area contributed by atoms with Gasteiger partial charge in [0.25, 0.3) is 5.91 Å². The fourth-order valence-electron chi connectivity index (χ4n) is 3.30. The molecule has 0 atom stereocenters. The molecule has 0 fully saturated rings. The first-order chi connectivity index (χ1) is 13.6. The molecule has 0 bridgehead atoms. The van der Waals surface area contributed by atoms with Crippen LogP contribution in [0.4, 0.5) is 0 Å². The van der Waals surface area contributed by atoms with Gasteiger partial charge in [-0.25, -0.2) is 0 Å². The number of carbonyl (C=O) groups excluding carboxylic acids is 1. The van der Waals surface area contributed by atoms with Gasteiger partial charge in [-0.2, -0.15) is 0 Å². The van der Waals surface area contributed by atoms with Crippen molar-refractivity contribution in [3.63, 3.8) is 0 Å². The molecule has 150 valence electrons. The van der Waals surface area contributed by atoms with Crippen LogP contribution in [0.15, 0.2) is 54.6 Å². The van der Waals surface area contributed by atoms with Crippen LogP contribution in [0, 0.1) is 6.92 Å². The predicted molar refractivity (Wildman–Crippen MR) is 120 cm³/mol. The molecular formula is C25H34N2O. The maximum atomic E-state index is 12.3. The van der Waals surface area contributed by atoms with Crippen molar-refractivity contribution < 1.29 is 4.79 Å². The van der Waals surface area contributed by atoms with Gasteiger partial charge >= 0.3 is 0 Å². The zero-order chi connectivity index (χ0) is 20.2. The third-order valence-electron chi connectivity index (χ3n) is 4.88. The third kappa shape index (κ3) is 7.32. The van der Waals surface area contributed by atoms with Crippen molar-refractivity contribution >= 4 is 12.0 Å². The lowest BCUT2D eigenvalue weighted by molar-refractivity contribution is 0.0948. The summed E-state index contributed by atoms with van der Waals surface area (Å²) in [6, 6.07) is 16.3. The minimum absolute atomic E-state index is 0.00314. The smallest absolute Gasteiger partial charge is 0.251 e. The second-order valence-electron chi connectivity index (χ2n) is 7.25. The molecule has 0 aliphatic rings. The zero-order valence-corrected chi connectivity index (χ0v) is 17.6. The van der Waals surface area contributed by atoms with E-state index in [0.29, 0.717) is 12.1 Å². The van der Waals surface area contributed by atoms with E-state index in [4.69, 9.17) is 0 Å². The van der Waals surface area contributed by atoms with Crippen molar-refractivity contribution in [3.8, 4) is 0 Å². The largest absolute Gasteiger partial charge is 0.351 e. The van der Waals surface area contributed by atoms with Crippen LogP contribution in [0.3, 0.4) is 0 Å². The van der Waals surface area contributed by atoms with Gasteiger partial charge in [0.15, 0.2) is 0 Å². The van der Waals surface area contributed by atoms with Gasteiger partial charge in [0.2, 0.25) is 0 Å². The number of allylic oxidation sites excluding steroid dienone is 1. The molecule has 2 aromatic rings. The molecule has 2 rings (SSSR count). The molecule has 0 saturated heterocycles. The molecule has 0 heterocycles.